The molecular formula is C21H19NO6. The number of hydrogen-bond acceptors (Lipinski definition) is 6. The summed E-state index contributed by atoms with van der Waals surface area (Å²) in [5, 5.41) is 10.3. The second-order valence-corrected chi connectivity index (χ2v) is 6.50. The summed E-state index contributed by atoms with van der Waals surface area (Å²) in [5.41, 5.74) is 1.05. The minimum Gasteiger partial charge on any atom is -0.504 e. The molecule has 1 aliphatic rings. The van der Waals surface area contributed by atoms with Crippen LogP contribution >= 0.6 is 0 Å². The molecule has 2 aromatic carbocycles. The molecule has 1 aliphatic heterocycles. The first-order valence-electron chi connectivity index (χ1n) is 8.79. The van der Waals surface area contributed by atoms with E-state index in [1.54, 1.807) is 48.4 Å². The quantitative estimate of drug-likeness (QED) is 0.731. The van der Waals surface area contributed by atoms with Gasteiger partial charge in [-0.3, -0.25) is 9.59 Å². The van der Waals surface area contributed by atoms with Gasteiger partial charge in [0.2, 0.25) is 5.76 Å². The summed E-state index contributed by atoms with van der Waals surface area (Å²) in [6, 6.07) is 11.0. The van der Waals surface area contributed by atoms with Gasteiger partial charge in [0.1, 0.15) is 5.58 Å². The number of amides is 1. The molecule has 28 heavy (non-hydrogen) atoms. The van der Waals surface area contributed by atoms with Gasteiger partial charge in [-0.25, -0.2) is 0 Å². The largest absolute Gasteiger partial charge is 0.504 e. The van der Waals surface area contributed by atoms with Crippen LogP contribution in [0.15, 0.2) is 51.7 Å². The van der Waals surface area contributed by atoms with Crippen molar-refractivity contribution in [1.29, 1.82) is 0 Å². The predicted molar refractivity (Wildman–Crippen MR) is 102 cm³/mol. The lowest BCUT2D eigenvalue weighted by Gasteiger charge is -2.25. The average molecular weight is 381 g/mol. The fourth-order valence-electron chi connectivity index (χ4n) is 3.60. The SMILES string of the molecule is COCCN1C(=O)c2oc3ccccc3c(=O)c2[C@H]1c1ccc(O)c(OC)c1. The summed E-state index contributed by atoms with van der Waals surface area (Å²) in [4.78, 5) is 27.8. The Kier molecular flexibility index (Phi) is 4.52. The first-order valence-corrected chi connectivity index (χ1v) is 8.79. The number of methoxy groups -OCH3 is 2. The molecule has 0 aliphatic carbocycles. The average Bonchev–Trinajstić information content (AvgIpc) is 2.99. The third-order valence-corrected chi connectivity index (χ3v) is 4.93. The van der Waals surface area contributed by atoms with E-state index in [1.165, 1.54) is 13.2 Å². The lowest BCUT2D eigenvalue weighted by Crippen LogP contribution is -2.32. The molecule has 0 fully saturated rings. The van der Waals surface area contributed by atoms with Crippen LogP contribution in [0.5, 0.6) is 11.5 Å². The molecule has 2 heterocycles. The van der Waals surface area contributed by atoms with Crippen molar-refractivity contribution in [2.24, 2.45) is 0 Å². The zero-order valence-corrected chi connectivity index (χ0v) is 15.5. The second kappa shape index (κ2) is 7.01. The number of carbonyl (C=O) groups excluding carboxylic acids is 1. The fraction of sp³-hybridized carbons (Fsp3) is 0.238. The Morgan fingerprint density at radius 1 is 1.14 bits per heavy atom. The first-order chi connectivity index (χ1) is 13.6. The number of para-hydroxylation sites is 1. The molecule has 0 saturated carbocycles. The molecule has 0 bridgehead atoms. The van der Waals surface area contributed by atoms with Gasteiger partial charge in [-0.2, -0.15) is 0 Å². The highest BCUT2D eigenvalue weighted by molar-refractivity contribution is 5.99. The molecule has 1 atom stereocenters. The van der Waals surface area contributed by atoms with Crippen LogP contribution in [-0.2, 0) is 4.74 Å². The number of ether oxygens (including phenoxy) is 2. The number of aromatic hydroxyl groups is 1. The normalized spacial score (nSPS) is 15.9. The topological polar surface area (TPSA) is 89.2 Å². The number of phenolic OH excluding ortho intramolecular Hbond substituents is 1. The van der Waals surface area contributed by atoms with Gasteiger partial charge in [0.25, 0.3) is 5.91 Å². The molecule has 0 radical (unpaired) electrons. The Balaban J connectivity index is 1.96. The summed E-state index contributed by atoms with van der Waals surface area (Å²) >= 11 is 0. The molecule has 1 amide bonds. The van der Waals surface area contributed by atoms with Gasteiger partial charge in [-0.1, -0.05) is 18.2 Å². The van der Waals surface area contributed by atoms with Gasteiger partial charge < -0.3 is 23.9 Å². The summed E-state index contributed by atoms with van der Waals surface area (Å²) in [7, 11) is 2.99. The van der Waals surface area contributed by atoms with Gasteiger partial charge in [0, 0.05) is 13.7 Å². The zero-order valence-electron chi connectivity index (χ0n) is 15.5. The van der Waals surface area contributed by atoms with Crippen molar-refractivity contribution in [2.75, 3.05) is 27.4 Å². The molecule has 4 rings (SSSR count). The van der Waals surface area contributed by atoms with Crippen LogP contribution in [0.25, 0.3) is 11.0 Å². The van der Waals surface area contributed by atoms with Crippen molar-refractivity contribution in [3.63, 3.8) is 0 Å². The molecule has 0 unspecified atom stereocenters. The summed E-state index contributed by atoms with van der Waals surface area (Å²) in [5.74, 6) is -0.0937. The maximum absolute atomic E-state index is 13.2. The van der Waals surface area contributed by atoms with Crippen LogP contribution in [0, 0.1) is 0 Å². The molecule has 7 nitrogen and oxygen atoms in total. The lowest BCUT2D eigenvalue weighted by atomic mass is 9.98. The Morgan fingerprint density at radius 3 is 2.68 bits per heavy atom. The van der Waals surface area contributed by atoms with Crippen LogP contribution in [0.1, 0.15) is 27.7 Å². The zero-order chi connectivity index (χ0) is 19.8. The number of rotatable bonds is 5. The van der Waals surface area contributed by atoms with Crippen molar-refractivity contribution < 1.29 is 23.8 Å². The maximum atomic E-state index is 13.2. The van der Waals surface area contributed by atoms with Crippen molar-refractivity contribution >= 4 is 16.9 Å². The number of hydrogen-bond donors (Lipinski definition) is 1. The summed E-state index contributed by atoms with van der Waals surface area (Å²) in [6.45, 7) is 0.586. The minimum absolute atomic E-state index is 0.0233. The van der Waals surface area contributed by atoms with Crippen molar-refractivity contribution in [3.05, 3.63) is 69.6 Å². The molecule has 0 spiro atoms. The van der Waals surface area contributed by atoms with Crippen LogP contribution in [0.3, 0.4) is 0 Å². The van der Waals surface area contributed by atoms with Crippen LogP contribution < -0.4 is 10.2 Å². The smallest absolute Gasteiger partial charge is 0.290 e. The van der Waals surface area contributed by atoms with E-state index in [9.17, 15) is 14.7 Å². The maximum Gasteiger partial charge on any atom is 0.290 e. The number of nitrogens with zero attached hydrogens (tertiary/aromatic N) is 1. The fourth-order valence-corrected chi connectivity index (χ4v) is 3.60. The highest BCUT2D eigenvalue weighted by Crippen LogP contribution is 2.40. The van der Waals surface area contributed by atoms with Gasteiger partial charge in [0.15, 0.2) is 16.9 Å². The monoisotopic (exact) mass is 381 g/mol. The lowest BCUT2D eigenvalue weighted by molar-refractivity contribution is 0.0663. The third kappa shape index (κ3) is 2.71. The minimum atomic E-state index is -0.659. The Labute approximate surface area is 160 Å². The summed E-state index contributed by atoms with van der Waals surface area (Å²) in [6.07, 6.45) is 0. The van der Waals surface area contributed by atoms with E-state index in [2.05, 4.69) is 0 Å². The highest BCUT2D eigenvalue weighted by atomic mass is 16.5. The molecule has 0 saturated heterocycles. The van der Waals surface area contributed by atoms with E-state index in [-0.39, 0.29) is 40.7 Å². The molecule has 144 valence electrons. The number of benzene rings is 2. The highest BCUT2D eigenvalue weighted by Gasteiger charge is 2.42. The number of phenols is 1. The van der Waals surface area contributed by atoms with E-state index >= 15 is 0 Å². The van der Waals surface area contributed by atoms with Gasteiger partial charge in [-0.05, 0) is 29.8 Å². The number of carbonyl (C=O) groups is 1. The van der Waals surface area contributed by atoms with Gasteiger partial charge in [-0.15, -0.1) is 0 Å². The van der Waals surface area contributed by atoms with Crippen LogP contribution in [-0.4, -0.2) is 43.3 Å². The Bertz CT molecular complexity index is 1120. The molecular weight excluding hydrogens is 362 g/mol. The first kappa shape index (κ1) is 18.1. The van der Waals surface area contributed by atoms with E-state index in [1.807, 2.05) is 0 Å². The van der Waals surface area contributed by atoms with Crippen LogP contribution in [0.2, 0.25) is 0 Å². The van der Waals surface area contributed by atoms with E-state index in [0.29, 0.717) is 23.1 Å². The van der Waals surface area contributed by atoms with E-state index in [0.717, 1.165) is 0 Å². The van der Waals surface area contributed by atoms with Gasteiger partial charge in [0.05, 0.1) is 30.7 Å². The van der Waals surface area contributed by atoms with Crippen molar-refractivity contribution in [3.8, 4) is 11.5 Å². The van der Waals surface area contributed by atoms with Gasteiger partial charge >= 0.3 is 0 Å². The van der Waals surface area contributed by atoms with Crippen molar-refractivity contribution in [2.45, 2.75) is 6.04 Å². The third-order valence-electron chi connectivity index (χ3n) is 4.93. The molecule has 7 heteroatoms. The second-order valence-electron chi connectivity index (χ2n) is 6.50. The predicted octanol–water partition coefficient (Wildman–Crippen LogP) is 2.70. The summed E-state index contributed by atoms with van der Waals surface area (Å²) < 4.78 is 16.2. The molecule has 1 aromatic heterocycles. The number of fused-ring (bicyclic) bond motifs is 2. The Morgan fingerprint density at radius 2 is 1.93 bits per heavy atom. The van der Waals surface area contributed by atoms with E-state index in [4.69, 9.17) is 13.9 Å². The standard InChI is InChI=1S/C21H19NO6/c1-26-10-9-22-18(12-7-8-14(23)16(11-12)27-2)17-19(24)13-5-3-4-6-15(13)28-20(17)21(22)25/h3-8,11,18,23H,9-10H2,1-2H3/t18-/m1/s1. The van der Waals surface area contributed by atoms with Crippen LogP contribution in [0.4, 0.5) is 0 Å². The molecule has 3 aromatic rings. The Hall–Kier alpha value is -3.32. The van der Waals surface area contributed by atoms with Crippen molar-refractivity contribution in [1.82, 2.24) is 4.90 Å². The molecule has 1 N–H and O–H groups in total. The van der Waals surface area contributed by atoms with E-state index < -0.39 is 6.04 Å².